The van der Waals surface area contributed by atoms with Crippen molar-refractivity contribution in [3.05, 3.63) is 65.0 Å². The molecule has 0 bridgehead atoms. The largest absolute Gasteiger partial charge is 0.299 e. The van der Waals surface area contributed by atoms with E-state index in [1.54, 1.807) is 6.20 Å². The zero-order chi connectivity index (χ0) is 16.9. The standard InChI is InChI=1S/C21H23NO2/c1-15-9-10-17(13-19(23)14-18-8-4-5-11-22-18)20(12-15)21(24)16-6-2-3-7-16/h4-5,8-12,16H,2-3,6-7,13-14H2,1H3. The van der Waals surface area contributed by atoms with Gasteiger partial charge in [0.25, 0.3) is 0 Å². The summed E-state index contributed by atoms with van der Waals surface area (Å²) in [7, 11) is 0. The summed E-state index contributed by atoms with van der Waals surface area (Å²) in [5, 5.41) is 0. The Balaban J connectivity index is 1.77. The molecule has 0 aliphatic heterocycles. The third-order valence-electron chi connectivity index (χ3n) is 4.75. The fourth-order valence-electron chi connectivity index (χ4n) is 3.46. The number of carbonyl (C=O) groups excluding carboxylic acids is 2. The average Bonchev–Trinajstić information content (AvgIpc) is 3.11. The Bertz CT molecular complexity index is 731. The highest BCUT2D eigenvalue weighted by Crippen LogP contribution is 2.29. The highest BCUT2D eigenvalue weighted by molar-refractivity contribution is 6.00. The summed E-state index contributed by atoms with van der Waals surface area (Å²) in [6.45, 7) is 1.99. The Morgan fingerprint density at radius 3 is 2.58 bits per heavy atom. The zero-order valence-electron chi connectivity index (χ0n) is 14.1. The lowest BCUT2D eigenvalue weighted by Gasteiger charge is -2.13. The first-order valence-corrected chi connectivity index (χ1v) is 8.69. The molecule has 3 heteroatoms. The number of benzene rings is 1. The van der Waals surface area contributed by atoms with E-state index in [9.17, 15) is 9.59 Å². The number of Topliss-reactive ketones (excluding diaryl/α,β-unsaturated/α-hetero) is 2. The number of ketones is 2. The van der Waals surface area contributed by atoms with Crippen LogP contribution in [0.4, 0.5) is 0 Å². The molecule has 1 aliphatic rings. The van der Waals surface area contributed by atoms with Gasteiger partial charge in [0, 0.05) is 36.2 Å². The molecule has 1 aliphatic carbocycles. The molecule has 2 aromatic rings. The van der Waals surface area contributed by atoms with Gasteiger partial charge < -0.3 is 0 Å². The minimum atomic E-state index is 0.0954. The van der Waals surface area contributed by atoms with Gasteiger partial charge in [-0.1, -0.05) is 36.6 Å². The first kappa shape index (κ1) is 16.6. The van der Waals surface area contributed by atoms with Crippen LogP contribution in [0, 0.1) is 12.8 Å². The van der Waals surface area contributed by atoms with Crippen LogP contribution < -0.4 is 0 Å². The maximum Gasteiger partial charge on any atom is 0.166 e. The van der Waals surface area contributed by atoms with Gasteiger partial charge in [-0.2, -0.15) is 0 Å². The molecule has 0 unspecified atom stereocenters. The van der Waals surface area contributed by atoms with Gasteiger partial charge in [0.05, 0.1) is 0 Å². The summed E-state index contributed by atoms with van der Waals surface area (Å²) >= 11 is 0. The van der Waals surface area contributed by atoms with Crippen LogP contribution >= 0.6 is 0 Å². The van der Waals surface area contributed by atoms with Gasteiger partial charge >= 0.3 is 0 Å². The van der Waals surface area contributed by atoms with E-state index in [0.29, 0.717) is 12.8 Å². The van der Waals surface area contributed by atoms with Crippen LogP contribution in [0.2, 0.25) is 0 Å². The quantitative estimate of drug-likeness (QED) is 0.752. The maximum atomic E-state index is 12.8. The van der Waals surface area contributed by atoms with E-state index in [4.69, 9.17) is 0 Å². The molecule has 0 saturated heterocycles. The van der Waals surface area contributed by atoms with Crippen LogP contribution in [0.1, 0.15) is 52.9 Å². The van der Waals surface area contributed by atoms with Crippen LogP contribution in [0.3, 0.4) is 0 Å². The van der Waals surface area contributed by atoms with Crippen molar-refractivity contribution in [2.75, 3.05) is 0 Å². The predicted molar refractivity (Wildman–Crippen MR) is 94.1 cm³/mol. The molecular weight excluding hydrogens is 298 g/mol. The highest BCUT2D eigenvalue weighted by atomic mass is 16.1. The molecule has 0 amide bonds. The van der Waals surface area contributed by atoms with E-state index < -0.39 is 0 Å². The SMILES string of the molecule is Cc1ccc(CC(=O)Cc2ccccn2)c(C(=O)C2CCCC2)c1. The van der Waals surface area contributed by atoms with Crippen LogP contribution in [-0.4, -0.2) is 16.6 Å². The van der Waals surface area contributed by atoms with Gasteiger partial charge in [0.2, 0.25) is 0 Å². The first-order chi connectivity index (χ1) is 11.6. The van der Waals surface area contributed by atoms with E-state index in [1.165, 1.54) is 0 Å². The molecular formula is C21H23NO2. The molecule has 24 heavy (non-hydrogen) atoms. The molecule has 3 rings (SSSR count). The molecule has 1 aromatic carbocycles. The van der Waals surface area contributed by atoms with Crippen molar-refractivity contribution < 1.29 is 9.59 Å². The van der Waals surface area contributed by atoms with Gasteiger partial charge in [-0.25, -0.2) is 0 Å². The normalized spacial score (nSPS) is 14.7. The Morgan fingerprint density at radius 2 is 1.88 bits per heavy atom. The predicted octanol–water partition coefficient (Wildman–Crippen LogP) is 4.12. The molecule has 0 radical (unpaired) electrons. The van der Waals surface area contributed by atoms with Crippen molar-refractivity contribution in [3.63, 3.8) is 0 Å². The van der Waals surface area contributed by atoms with Crippen molar-refractivity contribution in [2.45, 2.75) is 45.4 Å². The van der Waals surface area contributed by atoms with E-state index >= 15 is 0 Å². The number of aryl methyl sites for hydroxylation is 1. The number of pyridine rings is 1. The smallest absolute Gasteiger partial charge is 0.166 e. The van der Waals surface area contributed by atoms with E-state index in [2.05, 4.69) is 4.98 Å². The number of carbonyl (C=O) groups is 2. The average molecular weight is 321 g/mol. The lowest BCUT2D eigenvalue weighted by Crippen LogP contribution is -2.16. The van der Waals surface area contributed by atoms with Crippen LogP contribution in [0.5, 0.6) is 0 Å². The number of rotatable bonds is 6. The third kappa shape index (κ3) is 3.97. The van der Waals surface area contributed by atoms with Crippen LogP contribution in [0.25, 0.3) is 0 Å². The molecule has 0 spiro atoms. The Hall–Kier alpha value is -2.29. The summed E-state index contributed by atoms with van der Waals surface area (Å²) in [6.07, 6.45) is 6.54. The Kier molecular flexibility index (Phi) is 5.19. The number of aromatic nitrogens is 1. The lowest BCUT2D eigenvalue weighted by atomic mass is 9.89. The summed E-state index contributed by atoms with van der Waals surface area (Å²) in [6, 6.07) is 11.5. The van der Waals surface area contributed by atoms with Gasteiger partial charge in [0.15, 0.2) is 5.78 Å². The van der Waals surface area contributed by atoms with Crippen molar-refractivity contribution in [2.24, 2.45) is 5.92 Å². The van der Waals surface area contributed by atoms with Crippen LogP contribution in [-0.2, 0) is 17.6 Å². The minimum Gasteiger partial charge on any atom is -0.299 e. The van der Waals surface area contributed by atoms with E-state index in [-0.39, 0.29) is 17.5 Å². The second kappa shape index (κ2) is 7.52. The van der Waals surface area contributed by atoms with Crippen molar-refractivity contribution in [1.82, 2.24) is 4.98 Å². The minimum absolute atomic E-state index is 0.0954. The summed E-state index contributed by atoms with van der Waals surface area (Å²) in [5.41, 5.74) is 3.45. The van der Waals surface area contributed by atoms with Gasteiger partial charge in [-0.05, 0) is 43.5 Å². The molecule has 3 nitrogen and oxygen atoms in total. The monoisotopic (exact) mass is 321 g/mol. The summed E-state index contributed by atoms with van der Waals surface area (Å²) in [4.78, 5) is 29.5. The van der Waals surface area contributed by atoms with Gasteiger partial charge in [-0.15, -0.1) is 0 Å². The van der Waals surface area contributed by atoms with Crippen molar-refractivity contribution in [1.29, 1.82) is 0 Å². The zero-order valence-corrected chi connectivity index (χ0v) is 14.1. The number of nitrogens with zero attached hydrogens (tertiary/aromatic N) is 1. The van der Waals surface area contributed by atoms with Crippen molar-refractivity contribution in [3.8, 4) is 0 Å². The van der Waals surface area contributed by atoms with Crippen molar-refractivity contribution >= 4 is 11.6 Å². The molecule has 1 saturated carbocycles. The second-order valence-corrected chi connectivity index (χ2v) is 6.72. The second-order valence-electron chi connectivity index (χ2n) is 6.72. The first-order valence-electron chi connectivity index (χ1n) is 8.69. The number of hydrogen-bond donors (Lipinski definition) is 0. The molecule has 1 heterocycles. The summed E-state index contributed by atoms with van der Waals surface area (Å²) in [5.74, 6) is 0.450. The fourth-order valence-corrected chi connectivity index (χ4v) is 3.46. The summed E-state index contributed by atoms with van der Waals surface area (Å²) < 4.78 is 0. The fraction of sp³-hybridized carbons (Fsp3) is 0.381. The number of hydrogen-bond acceptors (Lipinski definition) is 3. The maximum absolute atomic E-state index is 12.8. The third-order valence-corrected chi connectivity index (χ3v) is 4.75. The van der Waals surface area contributed by atoms with Gasteiger partial charge in [-0.3, -0.25) is 14.6 Å². The van der Waals surface area contributed by atoms with Gasteiger partial charge in [0.1, 0.15) is 5.78 Å². The van der Waals surface area contributed by atoms with E-state index in [0.717, 1.165) is 48.1 Å². The molecule has 0 atom stereocenters. The topological polar surface area (TPSA) is 47.0 Å². The lowest BCUT2D eigenvalue weighted by molar-refractivity contribution is -0.117. The van der Waals surface area contributed by atoms with E-state index in [1.807, 2.05) is 43.3 Å². The van der Waals surface area contributed by atoms with Crippen LogP contribution in [0.15, 0.2) is 42.6 Å². The highest BCUT2D eigenvalue weighted by Gasteiger charge is 2.26. The molecule has 0 N–H and O–H groups in total. The Labute approximate surface area is 143 Å². The molecule has 124 valence electrons. The Morgan fingerprint density at radius 1 is 1.08 bits per heavy atom. The molecule has 1 fully saturated rings. The molecule has 1 aromatic heterocycles.